The van der Waals surface area contributed by atoms with Crippen molar-refractivity contribution in [1.29, 1.82) is 0 Å². The van der Waals surface area contributed by atoms with Gasteiger partial charge in [-0.25, -0.2) is 18.0 Å². The first-order valence-electron chi connectivity index (χ1n) is 10.3. The van der Waals surface area contributed by atoms with Gasteiger partial charge in [-0.2, -0.15) is 0 Å². The van der Waals surface area contributed by atoms with Gasteiger partial charge in [0.15, 0.2) is 5.60 Å². The third-order valence-electron chi connectivity index (χ3n) is 6.09. The predicted molar refractivity (Wildman–Crippen MR) is 120 cm³/mol. The lowest BCUT2D eigenvalue weighted by molar-refractivity contribution is -0.0890. The smallest absolute Gasteiger partial charge is 0.326 e. The number of alkyl halides is 2. The molecule has 2 aliphatic heterocycles. The number of carbonyl (C=O) groups excluding carboxylic acids is 2. The Bertz CT molecular complexity index is 1340. The Morgan fingerprint density at radius 2 is 1.94 bits per heavy atom. The Morgan fingerprint density at radius 1 is 1.18 bits per heavy atom. The van der Waals surface area contributed by atoms with Gasteiger partial charge in [0.1, 0.15) is 5.82 Å². The number of urea groups is 1. The van der Waals surface area contributed by atoms with Gasteiger partial charge in [-0.1, -0.05) is 35.9 Å². The van der Waals surface area contributed by atoms with Crippen LogP contribution in [0.1, 0.15) is 33.1 Å². The minimum atomic E-state index is -3.12. The number of para-hydroxylation sites is 1. The average Bonchev–Trinajstić information content (AvgIpc) is 3.32. The number of halogens is 4. The van der Waals surface area contributed by atoms with E-state index in [9.17, 15) is 27.9 Å². The number of hydrogen-bond donors (Lipinski definition) is 3. The summed E-state index contributed by atoms with van der Waals surface area (Å²) in [6, 6.07) is 12.7. The summed E-state index contributed by atoms with van der Waals surface area (Å²) in [7, 11) is 0. The van der Waals surface area contributed by atoms with Gasteiger partial charge in [-0.05, 0) is 36.4 Å². The van der Waals surface area contributed by atoms with Gasteiger partial charge >= 0.3 is 6.03 Å². The number of aliphatic hydroxyl groups is 1. The fourth-order valence-corrected chi connectivity index (χ4v) is 4.70. The SMILES string of the molecule is O=C1N[C@H](c2cc(F)ccc2Cl)c2c(NC(=O)N3C[C@@](O)(C(F)F)c4ccccc43)cccc21. The molecule has 6 nitrogen and oxygen atoms in total. The summed E-state index contributed by atoms with van der Waals surface area (Å²) in [5.41, 5.74) is -1.28. The van der Waals surface area contributed by atoms with Gasteiger partial charge < -0.3 is 15.7 Å². The van der Waals surface area contributed by atoms with Crippen LogP contribution in [0, 0.1) is 5.82 Å². The molecular weight excluding hydrogens is 471 g/mol. The molecule has 5 rings (SSSR count). The summed E-state index contributed by atoms with van der Waals surface area (Å²) in [5.74, 6) is -0.987. The predicted octanol–water partition coefficient (Wildman–Crippen LogP) is 4.82. The molecule has 0 bridgehead atoms. The average molecular weight is 488 g/mol. The highest BCUT2D eigenvalue weighted by Crippen LogP contribution is 2.44. The van der Waals surface area contributed by atoms with Crippen LogP contribution >= 0.6 is 11.6 Å². The van der Waals surface area contributed by atoms with Gasteiger partial charge in [-0.3, -0.25) is 9.69 Å². The maximum Gasteiger partial charge on any atom is 0.326 e. The van der Waals surface area contributed by atoms with Crippen molar-refractivity contribution in [1.82, 2.24) is 5.32 Å². The molecule has 3 amide bonds. The van der Waals surface area contributed by atoms with Gasteiger partial charge in [0.25, 0.3) is 12.3 Å². The second kappa shape index (κ2) is 8.03. The third-order valence-corrected chi connectivity index (χ3v) is 6.44. The van der Waals surface area contributed by atoms with Crippen molar-refractivity contribution in [2.45, 2.75) is 18.1 Å². The van der Waals surface area contributed by atoms with Crippen molar-refractivity contribution < 1.29 is 27.9 Å². The lowest BCUT2D eigenvalue weighted by Gasteiger charge is -2.24. The Balaban J connectivity index is 1.52. The first kappa shape index (κ1) is 22.2. The van der Waals surface area contributed by atoms with Crippen molar-refractivity contribution in [3.8, 4) is 0 Å². The molecule has 3 N–H and O–H groups in total. The highest BCUT2D eigenvalue weighted by Gasteiger charge is 2.50. The van der Waals surface area contributed by atoms with Crippen LogP contribution in [-0.4, -0.2) is 30.0 Å². The van der Waals surface area contributed by atoms with Crippen molar-refractivity contribution in [3.05, 3.63) is 93.8 Å². The number of β-amino-alcohol motifs (C(OH)–C–C–N with tert-alkyl or cyclic N) is 1. The molecule has 2 atom stereocenters. The van der Waals surface area contributed by atoms with Crippen molar-refractivity contribution in [2.24, 2.45) is 0 Å². The van der Waals surface area contributed by atoms with Gasteiger partial charge in [0.05, 0.1) is 18.3 Å². The molecule has 0 radical (unpaired) electrons. The van der Waals surface area contributed by atoms with E-state index in [2.05, 4.69) is 10.6 Å². The fourth-order valence-electron chi connectivity index (χ4n) is 4.47. The quantitative estimate of drug-likeness (QED) is 0.495. The summed E-state index contributed by atoms with van der Waals surface area (Å²) in [5, 5.41) is 16.2. The van der Waals surface area contributed by atoms with Crippen molar-refractivity contribution in [2.75, 3.05) is 16.8 Å². The van der Waals surface area contributed by atoms with Gasteiger partial charge in [0, 0.05) is 33.0 Å². The van der Waals surface area contributed by atoms with Crippen LogP contribution < -0.4 is 15.5 Å². The molecule has 0 saturated heterocycles. The minimum absolute atomic E-state index is 0.0558. The Hall–Kier alpha value is -3.56. The van der Waals surface area contributed by atoms with Crippen LogP contribution in [-0.2, 0) is 5.60 Å². The van der Waals surface area contributed by atoms with E-state index < -0.39 is 42.4 Å². The van der Waals surface area contributed by atoms with E-state index in [1.807, 2.05) is 0 Å². The summed E-state index contributed by atoms with van der Waals surface area (Å²) < 4.78 is 41.3. The number of fused-ring (bicyclic) bond motifs is 2. The van der Waals surface area contributed by atoms with E-state index in [1.54, 1.807) is 24.3 Å². The molecule has 174 valence electrons. The largest absolute Gasteiger partial charge is 0.377 e. The zero-order valence-corrected chi connectivity index (χ0v) is 18.1. The van der Waals surface area contributed by atoms with Crippen LogP contribution in [0.4, 0.5) is 29.3 Å². The Labute approximate surface area is 197 Å². The molecule has 3 aromatic rings. The molecule has 3 aromatic carbocycles. The number of amides is 3. The number of carbonyl (C=O) groups is 2. The summed E-state index contributed by atoms with van der Waals surface area (Å²) in [4.78, 5) is 26.8. The molecule has 0 unspecified atom stereocenters. The molecule has 34 heavy (non-hydrogen) atoms. The number of nitrogens with one attached hydrogen (secondary N) is 2. The zero-order valence-electron chi connectivity index (χ0n) is 17.4. The van der Waals surface area contributed by atoms with Crippen LogP contribution in [0.15, 0.2) is 60.7 Å². The molecule has 0 saturated carbocycles. The van der Waals surface area contributed by atoms with E-state index in [0.29, 0.717) is 11.1 Å². The standard InChI is InChI=1S/C24H17ClF3N3O3/c25-16-9-8-12(26)10-14(16)20-19-13(21(32)30-20)4-3-6-17(19)29-23(33)31-11-24(34,22(27)28)15-5-1-2-7-18(15)31/h1-10,20,22,34H,11H2,(H,29,33)(H,30,32)/t20-,24+/m1/s1. The first-order chi connectivity index (χ1) is 16.2. The van der Waals surface area contributed by atoms with E-state index >= 15 is 0 Å². The monoisotopic (exact) mass is 487 g/mol. The molecule has 2 aliphatic rings. The second-order valence-corrected chi connectivity index (χ2v) is 8.50. The first-order valence-corrected chi connectivity index (χ1v) is 10.7. The highest BCUT2D eigenvalue weighted by molar-refractivity contribution is 6.31. The number of hydrogen-bond acceptors (Lipinski definition) is 3. The van der Waals surface area contributed by atoms with Crippen LogP contribution in [0.3, 0.4) is 0 Å². The van der Waals surface area contributed by atoms with Gasteiger partial charge in [0.2, 0.25) is 0 Å². The molecular formula is C24H17ClF3N3O3. The van der Waals surface area contributed by atoms with Crippen molar-refractivity contribution >= 4 is 34.9 Å². The zero-order chi connectivity index (χ0) is 24.2. The Kier molecular flexibility index (Phi) is 5.26. The summed E-state index contributed by atoms with van der Waals surface area (Å²) >= 11 is 6.26. The maximum atomic E-state index is 13.9. The number of rotatable bonds is 3. The minimum Gasteiger partial charge on any atom is -0.377 e. The molecule has 2 heterocycles. The van der Waals surface area contributed by atoms with E-state index in [4.69, 9.17) is 11.6 Å². The normalized spacial score (nSPS) is 20.8. The molecule has 0 aromatic heterocycles. The second-order valence-electron chi connectivity index (χ2n) is 8.10. The molecule has 0 aliphatic carbocycles. The number of nitrogens with zero attached hydrogens (tertiary/aromatic N) is 1. The van der Waals surface area contributed by atoms with Crippen LogP contribution in [0.5, 0.6) is 0 Å². The number of benzene rings is 3. The van der Waals surface area contributed by atoms with Crippen LogP contribution in [0.2, 0.25) is 5.02 Å². The van der Waals surface area contributed by atoms with Crippen LogP contribution in [0.25, 0.3) is 0 Å². The molecule has 0 spiro atoms. The summed E-state index contributed by atoms with van der Waals surface area (Å²) in [6.45, 7) is -0.652. The molecule has 10 heteroatoms. The fraction of sp³-hybridized carbons (Fsp3) is 0.167. The maximum absolute atomic E-state index is 13.9. The Morgan fingerprint density at radius 3 is 2.71 bits per heavy atom. The topological polar surface area (TPSA) is 81.7 Å². The van der Waals surface area contributed by atoms with Gasteiger partial charge in [-0.15, -0.1) is 0 Å². The van der Waals surface area contributed by atoms with E-state index in [0.717, 1.165) is 4.90 Å². The van der Waals surface area contributed by atoms with E-state index in [-0.39, 0.29) is 27.5 Å². The van der Waals surface area contributed by atoms with E-state index in [1.165, 1.54) is 36.4 Å². The lowest BCUT2D eigenvalue weighted by Crippen LogP contribution is -2.43. The highest BCUT2D eigenvalue weighted by atomic mass is 35.5. The third kappa shape index (κ3) is 3.39. The van der Waals surface area contributed by atoms with Crippen molar-refractivity contribution in [3.63, 3.8) is 0 Å². The number of anilines is 2. The molecule has 0 fully saturated rings. The summed E-state index contributed by atoms with van der Waals surface area (Å²) in [6.07, 6.45) is -3.12. The lowest BCUT2D eigenvalue weighted by atomic mass is 9.96.